The Kier molecular flexibility index (Phi) is 3.33. The molecule has 0 spiro atoms. The highest BCUT2D eigenvalue weighted by Gasteiger charge is 2.22. The molecule has 0 saturated carbocycles. The van der Waals surface area contributed by atoms with Gasteiger partial charge >= 0.3 is 0 Å². The Morgan fingerprint density at radius 2 is 1.94 bits per heavy atom. The van der Waals surface area contributed by atoms with E-state index in [0.29, 0.717) is 12.0 Å². The van der Waals surface area contributed by atoms with E-state index in [4.69, 9.17) is 0 Å². The van der Waals surface area contributed by atoms with Gasteiger partial charge < -0.3 is 4.90 Å². The van der Waals surface area contributed by atoms with Crippen LogP contribution in [0.15, 0.2) is 6.07 Å². The molecule has 0 amide bonds. The summed E-state index contributed by atoms with van der Waals surface area (Å²) >= 11 is 0. The second-order valence-corrected chi connectivity index (χ2v) is 5.33. The van der Waals surface area contributed by atoms with E-state index in [-0.39, 0.29) is 0 Å². The third-order valence-corrected chi connectivity index (χ3v) is 3.51. The van der Waals surface area contributed by atoms with E-state index in [1.165, 1.54) is 31.6 Å². The number of piperidine rings is 1. The van der Waals surface area contributed by atoms with Crippen LogP contribution in [0, 0.1) is 6.92 Å². The van der Waals surface area contributed by atoms with Crippen LogP contribution in [0.4, 0.5) is 0 Å². The highest BCUT2D eigenvalue weighted by molar-refractivity contribution is 5.15. The Morgan fingerprint density at radius 3 is 2.50 bits per heavy atom. The second kappa shape index (κ2) is 4.58. The number of aromatic nitrogens is 2. The van der Waals surface area contributed by atoms with Gasteiger partial charge in [0.1, 0.15) is 0 Å². The van der Waals surface area contributed by atoms with Gasteiger partial charge in [0.25, 0.3) is 0 Å². The van der Waals surface area contributed by atoms with E-state index in [2.05, 4.69) is 48.6 Å². The summed E-state index contributed by atoms with van der Waals surface area (Å²) < 4.78 is 2.21. The van der Waals surface area contributed by atoms with Crippen LogP contribution in [0.1, 0.15) is 50.0 Å². The molecule has 16 heavy (non-hydrogen) atoms. The van der Waals surface area contributed by atoms with Crippen molar-refractivity contribution in [1.82, 2.24) is 14.7 Å². The Bertz CT molecular complexity index is 346. The number of hydrogen-bond donors (Lipinski definition) is 0. The third kappa shape index (κ3) is 2.29. The monoisotopic (exact) mass is 221 g/mol. The van der Waals surface area contributed by atoms with Gasteiger partial charge in [0, 0.05) is 17.7 Å². The van der Waals surface area contributed by atoms with Gasteiger partial charge in [0.15, 0.2) is 0 Å². The third-order valence-electron chi connectivity index (χ3n) is 3.51. The molecule has 0 unspecified atom stereocenters. The first-order valence-electron chi connectivity index (χ1n) is 6.32. The molecule has 2 heterocycles. The zero-order chi connectivity index (χ0) is 11.7. The maximum atomic E-state index is 4.61. The lowest BCUT2D eigenvalue weighted by molar-refractivity contribution is 0.248. The van der Waals surface area contributed by atoms with E-state index in [1.54, 1.807) is 0 Å². The van der Waals surface area contributed by atoms with Crippen molar-refractivity contribution in [2.75, 3.05) is 20.1 Å². The Morgan fingerprint density at radius 1 is 1.31 bits per heavy atom. The van der Waals surface area contributed by atoms with E-state index in [0.717, 1.165) is 5.69 Å². The SMILES string of the molecule is Cc1cc(C2CCN(C)CC2)n(C(C)C)n1. The van der Waals surface area contributed by atoms with Gasteiger partial charge in [-0.1, -0.05) is 0 Å². The summed E-state index contributed by atoms with van der Waals surface area (Å²) in [5.41, 5.74) is 2.60. The first kappa shape index (κ1) is 11.6. The lowest BCUT2D eigenvalue weighted by atomic mass is 9.93. The number of aryl methyl sites for hydroxylation is 1. The summed E-state index contributed by atoms with van der Waals surface area (Å²) in [5, 5.41) is 4.61. The first-order valence-corrected chi connectivity index (χ1v) is 6.32. The number of rotatable bonds is 2. The Labute approximate surface area is 98.4 Å². The molecule has 2 rings (SSSR count). The first-order chi connectivity index (χ1) is 7.58. The second-order valence-electron chi connectivity index (χ2n) is 5.33. The minimum Gasteiger partial charge on any atom is -0.306 e. The highest BCUT2D eigenvalue weighted by Crippen LogP contribution is 2.29. The van der Waals surface area contributed by atoms with E-state index in [1.807, 2.05) is 0 Å². The van der Waals surface area contributed by atoms with Crippen molar-refractivity contribution in [3.05, 3.63) is 17.5 Å². The largest absolute Gasteiger partial charge is 0.306 e. The molecule has 1 aliphatic rings. The summed E-state index contributed by atoms with van der Waals surface area (Å²) in [6.07, 6.45) is 2.54. The van der Waals surface area contributed by atoms with Crippen LogP contribution in [0.5, 0.6) is 0 Å². The summed E-state index contributed by atoms with van der Waals surface area (Å²) in [5.74, 6) is 0.708. The van der Waals surface area contributed by atoms with Crippen molar-refractivity contribution < 1.29 is 0 Å². The van der Waals surface area contributed by atoms with Crippen LogP contribution in [0.3, 0.4) is 0 Å². The fraction of sp³-hybridized carbons (Fsp3) is 0.769. The molecule has 1 aliphatic heterocycles. The van der Waals surface area contributed by atoms with E-state index >= 15 is 0 Å². The lowest BCUT2D eigenvalue weighted by Gasteiger charge is -2.29. The number of nitrogens with zero attached hydrogens (tertiary/aromatic N) is 3. The van der Waals surface area contributed by atoms with Crippen LogP contribution >= 0.6 is 0 Å². The fourth-order valence-corrected chi connectivity index (χ4v) is 2.56. The van der Waals surface area contributed by atoms with Crippen molar-refractivity contribution in [2.24, 2.45) is 0 Å². The Balaban J connectivity index is 2.19. The van der Waals surface area contributed by atoms with E-state index in [9.17, 15) is 0 Å². The molecular formula is C13H23N3. The predicted molar refractivity (Wildman–Crippen MR) is 66.8 cm³/mol. The summed E-state index contributed by atoms with van der Waals surface area (Å²) in [6.45, 7) is 8.95. The quantitative estimate of drug-likeness (QED) is 0.765. The zero-order valence-corrected chi connectivity index (χ0v) is 10.9. The molecule has 0 aliphatic carbocycles. The molecule has 90 valence electrons. The van der Waals surface area contributed by atoms with Crippen LogP contribution < -0.4 is 0 Å². The smallest absolute Gasteiger partial charge is 0.0596 e. The zero-order valence-electron chi connectivity index (χ0n) is 10.9. The van der Waals surface area contributed by atoms with Gasteiger partial charge in [0.2, 0.25) is 0 Å². The maximum Gasteiger partial charge on any atom is 0.0596 e. The van der Waals surface area contributed by atoms with Gasteiger partial charge in [-0.2, -0.15) is 5.10 Å². The summed E-state index contributed by atoms with van der Waals surface area (Å²) in [7, 11) is 2.21. The number of hydrogen-bond acceptors (Lipinski definition) is 2. The minimum absolute atomic E-state index is 0.475. The standard InChI is InChI=1S/C13H23N3/c1-10(2)16-13(9-11(3)14-16)12-5-7-15(4)8-6-12/h9-10,12H,5-8H2,1-4H3. The van der Waals surface area contributed by atoms with E-state index < -0.39 is 0 Å². The Hall–Kier alpha value is -0.830. The van der Waals surface area contributed by atoms with Crippen molar-refractivity contribution in [1.29, 1.82) is 0 Å². The topological polar surface area (TPSA) is 21.1 Å². The molecular weight excluding hydrogens is 198 g/mol. The molecule has 0 N–H and O–H groups in total. The number of likely N-dealkylation sites (tertiary alicyclic amines) is 1. The molecule has 0 aromatic carbocycles. The van der Waals surface area contributed by atoms with Crippen molar-refractivity contribution in [2.45, 2.75) is 45.6 Å². The molecule has 0 atom stereocenters. The van der Waals surface area contributed by atoms with Crippen LogP contribution in [-0.4, -0.2) is 34.8 Å². The molecule has 1 aromatic heterocycles. The van der Waals surface area contributed by atoms with Crippen molar-refractivity contribution in [3.63, 3.8) is 0 Å². The molecule has 1 saturated heterocycles. The average molecular weight is 221 g/mol. The normalized spacial score (nSPS) is 19.6. The van der Waals surface area contributed by atoms with Gasteiger partial charge in [0.05, 0.1) is 5.69 Å². The van der Waals surface area contributed by atoms with Crippen LogP contribution in [0.25, 0.3) is 0 Å². The predicted octanol–water partition coefficient (Wildman–Crippen LogP) is 2.58. The average Bonchev–Trinajstić information content (AvgIpc) is 2.61. The lowest BCUT2D eigenvalue weighted by Crippen LogP contribution is -2.30. The van der Waals surface area contributed by atoms with Crippen molar-refractivity contribution in [3.8, 4) is 0 Å². The van der Waals surface area contributed by atoms with Crippen LogP contribution in [0.2, 0.25) is 0 Å². The summed E-state index contributed by atoms with van der Waals surface area (Å²) in [6, 6.07) is 2.75. The molecule has 3 heteroatoms. The molecule has 3 nitrogen and oxygen atoms in total. The van der Waals surface area contributed by atoms with Gasteiger partial charge in [-0.15, -0.1) is 0 Å². The van der Waals surface area contributed by atoms with Gasteiger partial charge in [-0.25, -0.2) is 0 Å². The fourth-order valence-electron chi connectivity index (χ4n) is 2.56. The van der Waals surface area contributed by atoms with Crippen LogP contribution in [-0.2, 0) is 0 Å². The van der Waals surface area contributed by atoms with Gasteiger partial charge in [-0.05, 0) is 59.8 Å². The molecule has 1 aromatic rings. The highest BCUT2D eigenvalue weighted by atomic mass is 15.3. The maximum absolute atomic E-state index is 4.61. The molecule has 0 radical (unpaired) electrons. The van der Waals surface area contributed by atoms with Gasteiger partial charge in [-0.3, -0.25) is 4.68 Å². The minimum atomic E-state index is 0.475. The van der Waals surface area contributed by atoms with Crippen molar-refractivity contribution >= 4 is 0 Å². The summed E-state index contributed by atoms with van der Waals surface area (Å²) in [4.78, 5) is 2.42. The molecule has 0 bridgehead atoms. The molecule has 1 fully saturated rings.